The first-order chi connectivity index (χ1) is 11.1. The largest absolute Gasteiger partial charge is 0.497 e. The van der Waals surface area contributed by atoms with Crippen LogP contribution < -0.4 is 19.9 Å². The van der Waals surface area contributed by atoms with Crippen molar-refractivity contribution in [2.24, 2.45) is 5.73 Å². The Balaban J connectivity index is 1.98. The van der Waals surface area contributed by atoms with Crippen molar-refractivity contribution in [2.75, 3.05) is 20.4 Å². The fourth-order valence-corrected chi connectivity index (χ4v) is 4.09. The van der Waals surface area contributed by atoms with E-state index in [0.29, 0.717) is 22.8 Å². The second-order valence-electron chi connectivity index (χ2n) is 5.06. The number of hydrogen-bond acceptors (Lipinski definition) is 6. The highest BCUT2D eigenvalue weighted by atomic mass is 32.2. The molecule has 0 bridgehead atoms. The minimum absolute atomic E-state index is 0.0337. The molecule has 0 aliphatic carbocycles. The van der Waals surface area contributed by atoms with E-state index in [0.717, 1.165) is 0 Å². The molecule has 2 N–H and O–H groups in total. The van der Waals surface area contributed by atoms with Crippen molar-refractivity contribution < 1.29 is 22.6 Å². The van der Waals surface area contributed by atoms with Gasteiger partial charge in [0, 0.05) is 6.54 Å². The van der Waals surface area contributed by atoms with Crippen molar-refractivity contribution in [1.29, 1.82) is 0 Å². The number of methoxy groups -OCH3 is 1. The second kappa shape index (κ2) is 6.10. The van der Waals surface area contributed by atoms with Crippen molar-refractivity contribution in [3.05, 3.63) is 48.0 Å². The zero-order chi connectivity index (χ0) is 16.4. The summed E-state index contributed by atoms with van der Waals surface area (Å²) in [5, 5.41) is -0.856. The van der Waals surface area contributed by atoms with E-state index in [-0.39, 0.29) is 18.2 Å². The molecule has 23 heavy (non-hydrogen) atoms. The standard InChI is InChI=1S/C16H17NO5S/c1-20-12-3-5-13(6-4-12)23(18,19)16(9-17)11-2-7-14-15(8-11)22-10-21-14/h2-8,16H,9-10,17H2,1H3/t16-/m0/s1. The van der Waals surface area contributed by atoms with Gasteiger partial charge in [0.15, 0.2) is 21.3 Å². The van der Waals surface area contributed by atoms with Crippen LogP contribution in [0.4, 0.5) is 0 Å². The zero-order valence-corrected chi connectivity index (χ0v) is 13.4. The summed E-state index contributed by atoms with van der Waals surface area (Å²) in [6.07, 6.45) is 0. The molecule has 0 fully saturated rings. The van der Waals surface area contributed by atoms with Crippen LogP contribution in [0.5, 0.6) is 17.2 Å². The van der Waals surface area contributed by atoms with Gasteiger partial charge >= 0.3 is 0 Å². The number of fused-ring (bicyclic) bond motifs is 1. The van der Waals surface area contributed by atoms with Gasteiger partial charge in [0.25, 0.3) is 0 Å². The van der Waals surface area contributed by atoms with Crippen molar-refractivity contribution in [2.45, 2.75) is 10.1 Å². The first kappa shape index (κ1) is 15.6. The van der Waals surface area contributed by atoms with E-state index < -0.39 is 15.1 Å². The predicted molar refractivity (Wildman–Crippen MR) is 84.5 cm³/mol. The predicted octanol–water partition coefficient (Wildman–Crippen LogP) is 1.90. The average molecular weight is 335 g/mol. The SMILES string of the molecule is COc1ccc(S(=O)(=O)[C@@H](CN)c2ccc3c(c2)OCO3)cc1. The highest BCUT2D eigenvalue weighted by Crippen LogP contribution is 2.37. The highest BCUT2D eigenvalue weighted by molar-refractivity contribution is 7.91. The molecule has 0 unspecified atom stereocenters. The molecular weight excluding hydrogens is 318 g/mol. The van der Waals surface area contributed by atoms with Crippen LogP contribution >= 0.6 is 0 Å². The van der Waals surface area contributed by atoms with Crippen LogP contribution in [0.1, 0.15) is 10.8 Å². The fraction of sp³-hybridized carbons (Fsp3) is 0.250. The second-order valence-corrected chi connectivity index (χ2v) is 7.19. The zero-order valence-electron chi connectivity index (χ0n) is 12.6. The van der Waals surface area contributed by atoms with Crippen LogP contribution in [0.2, 0.25) is 0 Å². The van der Waals surface area contributed by atoms with Crippen molar-refractivity contribution in [3.8, 4) is 17.2 Å². The lowest BCUT2D eigenvalue weighted by Crippen LogP contribution is -2.22. The Morgan fingerprint density at radius 1 is 1.13 bits per heavy atom. The Hall–Kier alpha value is -2.25. The fourth-order valence-electron chi connectivity index (χ4n) is 2.48. The Bertz CT molecular complexity index is 802. The molecule has 0 spiro atoms. The van der Waals surface area contributed by atoms with Gasteiger partial charge in [0.1, 0.15) is 11.0 Å². The van der Waals surface area contributed by atoms with E-state index in [1.807, 2.05) is 0 Å². The molecule has 7 heteroatoms. The van der Waals surface area contributed by atoms with Gasteiger partial charge in [-0.1, -0.05) is 6.07 Å². The number of hydrogen-bond donors (Lipinski definition) is 1. The average Bonchev–Trinajstić information content (AvgIpc) is 3.03. The van der Waals surface area contributed by atoms with Crippen LogP contribution in [0.3, 0.4) is 0 Å². The molecular formula is C16H17NO5S. The summed E-state index contributed by atoms with van der Waals surface area (Å²) in [4.78, 5) is 0.200. The third-order valence-corrected chi connectivity index (χ3v) is 5.89. The molecule has 0 saturated heterocycles. The van der Waals surface area contributed by atoms with Gasteiger partial charge in [-0.15, -0.1) is 0 Å². The topological polar surface area (TPSA) is 87.9 Å². The number of nitrogens with two attached hydrogens (primary N) is 1. The molecule has 0 radical (unpaired) electrons. The van der Waals surface area contributed by atoms with E-state index in [4.69, 9.17) is 19.9 Å². The molecule has 2 aromatic carbocycles. The maximum atomic E-state index is 12.9. The molecule has 1 heterocycles. The minimum Gasteiger partial charge on any atom is -0.497 e. The first-order valence-corrected chi connectivity index (χ1v) is 8.58. The normalized spacial score (nSPS) is 14.5. The lowest BCUT2D eigenvalue weighted by molar-refractivity contribution is 0.174. The molecule has 6 nitrogen and oxygen atoms in total. The molecule has 1 atom stereocenters. The summed E-state index contributed by atoms with van der Waals surface area (Å²) in [6, 6.07) is 11.3. The van der Waals surface area contributed by atoms with Gasteiger partial charge < -0.3 is 19.9 Å². The number of benzene rings is 2. The minimum atomic E-state index is -3.62. The van der Waals surface area contributed by atoms with E-state index in [1.54, 1.807) is 30.3 Å². The Morgan fingerprint density at radius 2 is 1.83 bits per heavy atom. The number of sulfone groups is 1. The summed E-state index contributed by atoms with van der Waals surface area (Å²) in [5.41, 5.74) is 6.33. The van der Waals surface area contributed by atoms with Crippen LogP contribution in [-0.2, 0) is 9.84 Å². The van der Waals surface area contributed by atoms with E-state index >= 15 is 0 Å². The van der Waals surface area contributed by atoms with Gasteiger partial charge in [-0.2, -0.15) is 0 Å². The van der Waals surface area contributed by atoms with E-state index in [1.165, 1.54) is 19.2 Å². The molecule has 1 aliphatic rings. The lowest BCUT2D eigenvalue weighted by Gasteiger charge is -2.17. The van der Waals surface area contributed by atoms with E-state index in [9.17, 15) is 8.42 Å². The number of ether oxygens (including phenoxy) is 3. The maximum Gasteiger partial charge on any atom is 0.231 e. The molecule has 1 aliphatic heterocycles. The van der Waals surface area contributed by atoms with Crippen molar-refractivity contribution in [1.82, 2.24) is 0 Å². The van der Waals surface area contributed by atoms with Gasteiger partial charge in [0.2, 0.25) is 6.79 Å². The monoisotopic (exact) mass is 335 g/mol. The molecule has 0 amide bonds. The molecule has 122 valence electrons. The summed E-state index contributed by atoms with van der Waals surface area (Å²) >= 11 is 0. The summed E-state index contributed by atoms with van der Waals surface area (Å²) < 4.78 is 41.3. The van der Waals surface area contributed by atoms with Gasteiger partial charge in [-0.05, 0) is 42.0 Å². The van der Waals surface area contributed by atoms with Crippen LogP contribution in [0.25, 0.3) is 0 Å². The van der Waals surface area contributed by atoms with E-state index in [2.05, 4.69) is 0 Å². The molecule has 0 aromatic heterocycles. The lowest BCUT2D eigenvalue weighted by atomic mass is 10.1. The third kappa shape index (κ3) is 2.85. The van der Waals surface area contributed by atoms with Gasteiger partial charge in [-0.25, -0.2) is 8.42 Å². The maximum absolute atomic E-state index is 12.9. The molecule has 3 rings (SSSR count). The Morgan fingerprint density at radius 3 is 2.48 bits per heavy atom. The third-order valence-electron chi connectivity index (χ3n) is 3.75. The van der Waals surface area contributed by atoms with Crippen LogP contribution in [0, 0.1) is 0 Å². The Kier molecular flexibility index (Phi) is 4.14. The first-order valence-electron chi connectivity index (χ1n) is 7.04. The van der Waals surface area contributed by atoms with Crippen molar-refractivity contribution in [3.63, 3.8) is 0 Å². The highest BCUT2D eigenvalue weighted by Gasteiger charge is 2.29. The quantitative estimate of drug-likeness (QED) is 0.898. The summed E-state index contributed by atoms with van der Waals surface area (Å²) in [5.74, 6) is 1.73. The summed E-state index contributed by atoms with van der Waals surface area (Å²) in [6.45, 7) is 0.102. The van der Waals surface area contributed by atoms with Gasteiger partial charge in [0.05, 0.1) is 12.0 Å². The molecule has 2 aromatic rings. The van der Waals surface area contributed by atoms with Crippen LogP contribution in [0.15, 0.2) is 47.4 Å². The number of rotatable bonds is 5. The van der Waals surface area contributed by atoms with Crippen molar-refractivity contribution >= 4 is 9.84 Å². The van der Waals surface area contributed by atoms with Crippen LogP contribution in [-0.4, -0.2) is 28.9 Å². The van der Waals surface area contributed by atoms with Gasteiger partial charge in [-0.3, -0.25) is 0 Å². The smallest absolute Gasteiger partial charge is 0.231 e. The Labute approximate surface area is 134 Å². The molecule has 0 saturated carbocycles. The summed E-state index contributed by atoms with van der Waals surface area (Å²) in [7, 11) is -2.10.